The fourth-order valence-corrected chi connectivity index (χ4v) is 6.02. The topological polar surface area (TPSA) is 98.2 Å². The van der Waals surface area contributed by atoms with Crippen LogP contribution in [0.2, 0.25) is 10.0 Å². The van der Waals surface area contributed by atoms with Gasteiger partial charge in [-0.1, -0.05) is 82.8 Å². The zero-order valence-electron chi connectivity index (χ0n) is 24.5. The van der Waals surface area contributed by atoms with Gasteiger partial charge in [-0.25, -0.2) is 0 Å². The summed E-state index contributed by atoms with van der Waals surface area (Å²) in [5, 5.41) is 10.5. The van der Waals surface area contributed by atoms with Crippen LogP contribution < -0.4 is 0 Å². The Labute approximate surface area is 288 Å². The smallest absolute Gasteiger partial charge is 0.416 e. The van der Waals surface area contributed by atoms with Crippen molar-refractivity contribution in [2.24, 2.45) is 0 Å². The largest absolute Gasteiger partial charge is 0.480 e. The molecule has 0 bridgehead atoms. The number of amides is 3. The molecule has 3 aromatic carbocycles. The molecule has 3 aromatic rings. The molecule has 4 rings (SSSR count). The lowest BCUT2D eigenvalue weighted by Gasteiger charge is -2.42. The van der Waals surface area contributed by atoms with Crippen LogP contribution in [0.5, 0.6) is 0 Å². The number of carbonyl (C=O) groups excluding carboxylic acids is 3. The highest BCUT2D eigenvalue weighted by Crippen LogP contribution is 2.30. The summed E-state index contributed by atoms with van der Waals surface area (Å²) >= 11 is 25.1. The number of carboxylic acids is 1. The summed E-state index contributed by atoms with van der Waals surface area (Å²) in [6.07, 6.45) is -5.07. The number of rotatable bonds is 12. The second kappa shape index (κ2) is 15.6. The molecule has 1 fully saturated rings. The van der Waals surface area contributed by atoms with Crippen molar-refractivity contribution in [3.63, 3.8) is 0 Å². The standard InChI is InChI=1S/C32H28Cl4F3N3O5/c33-23-9-3-19(4-10-23)13-26(35)41(18-30(45)46)28(43)15-25-31(47)42(27(36)14-20-5-11-24(34)12-6-20)17-29(44)40(25)16-21-1-7-22(8-2-21)32(37,38)39/h1-12,25-27H,13-18H2,(H,45,46). The molecule has 0 saturated carbocycles. The van der Waals surface area contributed by atoms with E-state index in [1.807, 2.05) is 0 Å². The van der Waals surface area contributed by atoms with Crippen LogP contribution in [0.4, 0.5) is 13.2 Å². The van der Waals surface area contributed by atoms with Gasteiger partial charge in [0, 0.05) is 29.4 Å². The molecule has 1 aliphatic heterocycles. The lowest BCUT2D eigenvalue weighted by atomic mass is 10.0. The van der Waals surface area contributed by atoms with E-state index in [1.165, 1.54) is 12.1 Å². The lowest BCUT2D eigenvalue weighted by molar-refractivity contribution is -0.160. The van der Waals surface area contributed by atoms with Crippen molar-refractivity contribution in [1.29, 1.82) is 0 Å². The highest BCUT2D eigenvalue weighted by Gasteiger charge is 2.44. The molecule has 3 atom stereocenters. The first kappa shape index (κ1) is 36.3. The molecule has 0 spiro atoms. The van der Waals surface area contributed by atoms with E-state index in [-0.39, 0.29) is 24.9 Å². The minimum Gasteiger partial charge on any atom is -0.480 e. The van der Waals surface area contributed by atoms with Crippen molar-refractivity contribution in [1.82, 2.24) is 14.7 Å². The summed E-state index contributed by atoms with van der Waals surface area (Å²) in [5.74, 6) is -3.51. The molecule has 3 amide bonds. The minimum atomic E-state index is -4.58. The van der Waals surface area contributed by atoms with Gasteiger partial charge in [0.15, 0.2) is 0 Å². The van der Waals surface area contributed by atoms with Crippen LogP contribution in [0, 0.1) is 0 Å². The number of nitrogens with zero attached hydrogens (tertiary/aromatic N) is 3. The van der Waals surface area contributed by atoms with E-state index < -0.39 is 72.0 Å². The molecule has 0 radical (unpaired) electrons. The van der Waals surface area contributed by atoms with Crippen molar-refractivity contribution in [3.8, 4) is 0 Å². The minimum absolute atomic E-state index is 0.0432. The van der Waals surface area contributed by atoms with Gasteiger partial charge in [-0.05, 0) is 53.1 Å². The van der Waals surface area contributed by atoms with Crippen LogP contribution >= 0.6 is 46.4 Å². The van der Waals surface area contributed by atoms with Crippen LogP contribution in [-0.4, -0.2) is 73.6 Å². The predicted molar refractivity (Wildman–Crippen MR) is 171 cm³/mol. The molecule has 1 N–H and O–H groups in total. The van der Waals surface area contributed by atoms with E-state index in [0.717, 1.165) is 26.8 Å². The van der Waals surface area contributed by atoms with Crippen LogP contribution in [0.25, 0.3) is 0 Å². The van der Waals surface area contributed by atoms with Gasteiger partial charge in [-0.2, -0.15) is 13.2 Å². The highest BCUT2D eigenvalue weighted by molar-refractivity contribution is 6.30. The number of aliphatic carboxylic acids is 1. The molecule has 15 heteroatoms. The Morgan fingerprint density at radius 1 is 0.851 bits per heavy atom. The number of piperazine rings is 1. The maximum absolute atomic E-state index is 14.0. The Morgan fingerprint density at radius 2 is 1.36 bits per heavy atom. The third-order valence-electron chi connectivity index (χ3n) is 7.51. The summed E-state index contributed by atoms with van der Waals surface area (Å²) in [6.45, 7) is -1.56. The first-order chi connectivity index (χ1) is 22.1. The highest BCUT2D eigenvalue weighted by atomic mass is 35.5. The summed E-state index contributed by atoms with van der Waals surface area (Å²) in [4.78, 5) is 56.1. The molecular weight excluding hydrogens is 705 g/mol. The van der Waals surface area contributed by atoms with Gasteiger partial charge in [-0.15, -0.1) is 0 Å². The first-order valence-electron chi connectivity index (χ1n) is 14.2. The van der Waals surface area contributed by atoms with E-state index in [1.54, 1.807) is 48.5 Å². The van der Waals surface area contributed by atoms with E-state index in [9.17, 15) is 37.5 Å². The number of carbonyl (C=O) groups is 4. The molecule has 0 aromatic heterocycles. The fraction of sp³-hybridized carbons (Fsp3) is 0.312. The number of hydrogen-bond donors (Lipinski definition) is 1. The average Bonchev–Trinajstić information content (AvgIpc) is 3.01. The molecule has 47 heavy (non-hydrogen) atoms. The Morgan fingerprint density at radius 3 is 1.87 bits per heavy atom. The predicted octanol–water partition coefficient (Wildman–Crippen LogP) is 6.47. The Balaban J connectivity index is 1.62. The van der Waals surface area contributed by atoms with Crippen LogP contribution in [0.3, 0.4) is 0 Å². The molecular formula is C32H28Cl4F3N3O5. The summed E-state index contributed by atoms with van der Waals surface area (Å²) in [5.41, 5.74) is -1.42. The van der Waals surface area contributed by atoms with Gasteiger partial charge in [0.1, 0.15) is 30.1 Å². The van der Waals surface area contributed by atoms with Crippen molar-refractivity contribution in [2.45, 2.75) is 49.0 Å². The van der Waals surface area contributed by atoms with E-state index >= 15 is 0 Å². The van der Waals surface area contributed by atoms with E-state index in [0.29, 0.717) is 21.2 Å². The van der Waals surface area contributed by atoms with E-state index in [2.05, 4.69) is 0 Å². The van der Waals surface area contributed by atoms with Crippen molar-refractivity contribution < 1.29 is 37.5 Å². The fourth-order valence-electron chi connectivity index (χ4n) is 5.06. The Bertz CT molecular complexity index is 1590. The number of carboxylic acid groups (broad SMARTS) is 1. The first-order valence-corrected chi connectivity index (χ1v) is 15.8. The van der Waals surface area contributed by atoms with Crippen molar-refractivity contribution in [2.75, 3.05) is 13.1 Å². The second-order valence-corrected chi connectivity index (χ2v) is 12.7. The molecule has 8 nitrogen and oxygen atoms in total. The molecule has 0 aliphatic carbocycles. The summed E-state index contributed by atoms with van der Waals surface area (Å²) < 4.78 is 39.4. The quantitative estimate of drug-likeness (QED) is 0.170. The van der Waals surface area contributed by atoms with Gasteiger partial charge in [-0.3, -0.25) is 19.2 Å². The zero-order chi connectivity index (χ0) is 34.5. The van der Waals surface area contributed by atoms with Gasteiger partial charge < -0.3 is 19.8 Å². The number of alkyl halides is 5. The molecule has 1 heterocycles. The van der Waals surface area contributed by atoms with Crippen molar-refractivity contribution >= 4 is 70.1 Å². The Hall–Kier alpha value is -3.51. The third kappa shape index (κ3) is 9.76. The maximum atomic E-state index is 14.0. The SMILES string of the molecule is O=C(O)CN(C(=O)CC1C(=O)N(C(Cl)Cc2ccc(Cl)cc2)CC(=O)N1Cc1ccc(C(F)(F)F)cc1)C(Cl)Cc1ccc(Cl)cc1. The van der Waals surface area contributed by atoms with Crippen LogP contribution in [-0.2, 0) is 44.7 Å². The van der Waals surface area contributed by atoms with Gasteiger partial charge in [0.05, 0.1) is 12.0 Å². The summed E-state index contributed by atoms with van der Waals surface area (Å²) in [6, 6.07) is 15.8. The second-order valence-electron chi connectivity index (χ2n) is 10.8. The van der Waals surface area contributed by atoms with Gasteiger partial charge in [0.25, 0.3) is 0 Å². The number of benzene rings is 3. The zero-order valence-corrected chi connectivity index (χ0v) is 27.5. The van der Waals surface area contributed by atoms with Crippen LogP contribution in [0.15, 0.2) is 72.8 Å². The third-order valence-corrected chi connectivity index (χ3v) is 8.79. The van der Waals surface area contributed by atoms with Gasteiger partial charge in [0.2, 0.25) is 17.7 Å². The van der Waals surface area contributed by atoms with Gasteiger partial charge >= 0.3 is 12.1 Å². The molecule has 1 saturated heterocycles. The number of hydrogen-bond acceptors (Lipinski definition) is 4. The molecule has 250 valence electrons. The van der Waals surface area contributed by atoms with Crippen molar-refractivity contribution in [3.05, 3.63) is 105 Å². The number of halogens is 7. The Kier molecular flexibility index (Phi) is 12.1. The lowest BCUT2D eigenvalue weighted by Crippen LogP contribution is -2.62. The normalized spacial score (nSPS) is 16.6. The average molecular weight is 733 g/mol. The molecule has 1 aliphatic rings. The maximum Gasteiger partial charge on any atom is 0.416 e. The van der Waals surface area contributed by atoms with Crippen LogP contribution in [0.1, 0.15) is 28.7 Å². The monoisotopic (exact) mass is 731 g/mol. The van der Waals surface area contributed by atoms with E-state index in [4.69, 9.17) is 46.4 Å². The molecule has 3 unspecified atom stereocenters. The summed E-state index contributed by atoms with van der Waals surface area (Å²) in [7, 11) is 0.